The highest BCUT2D eigenvalue weighted by atomic mass is 32.1. The van der Waals surface area contributed by atoms with Gasteiger partial charge in [0.2, 0.25) is 5.95 Å². The SMILES string of the molecule is CN1CCC(O)C1=O.Cn1cc(Nc2nccc(-c3nc(-c4ccccc4)cs3)n2)cn1. The smallest absolute Gasteiger partial charge is 0.251 e. The average molecular weight is 450 g/mol. The molecule has 32 heavy (non-hydrogen) atoms. The standard InChI is InChI=1S/C17H14N6S.C5H9NO2/c1-23-10-13(9-19-23)20-17-18-8-7-14(22-17)16-21-15(11-24-16)12-5-3-2-4-6-12;1-6-3-2-4(7)5(6)8/h2-11H,1H3,(H,18,20,22);4,7H,2-3H2,1H3. The summed E-state index contributed by atoms with van der Waals surface area (Å²) < 4.78 is 1.72. The second kappa shape index (κ2) is 9.67. The molecule has 0 aliphatic carbocycles. The lowest BCUT2D eigenvalue weighted by Crippen LogP contribution is -2.24. The number of aromatic nitrogens is 5. The first-order valence-electron chi connectivity index (χ1n) is 10.0. The van der Waals surface area contributed by atoms with Crippen molar-refractivity contribution < 1.29 is 9.90 Å². The topological polar surface area (TPSA) is 109 Å². The zero-order chi connectivity index (χ0) is 22.5. The van der Waals surface area contributed by atoms with Gasteiger partial charge in [-0.25, -0.2) is 15.0 Å². The van der Waals surface area contributed by atoms with Gasteiger partial charge < -0.3 is 15.3 Å². The summed E-state index contributed by atoms with van der Waals surface area (Å²) in [5.74, 6) is 0.377. The summed E-state index contributed by atoms with van der Waals surface area (Å²) in [7, 11) is 3.56. The van der Waals surface area contributed by atoms with Gasteiger partial charge in [-0.3, -0.25) is 9.48 Å². The highest BCUT2D eigenvalue weighted by Gasteiger charge is 2.26. The van der Waals surface area contributed by atoms with E-state index in [1.165, 1.54) is 4.90 Å². The Hall–Kier alpha value is -3.63. The van der Waals surface area contributed by atoms with E-state index in [2.05, 4.69) is 25.4 Å². The van der Waals surface area contributed by atoms with Crippen LogP contribution in [0.3, 0.4) is 0 Å². The normalized spacial score (nSPS) is 15.4. The van der Waals surface area contributed by atoms with E-state index in [0.29, 0.717) is 18.9 Å². The maximum absolute atomic E-state index is 10.6. The molecule has 0 spiro atoms. The second-order valence-electron chi connectivity index (χ2n) is 7.26. The quantitative estimate of drug-likeness (QED) is 0.493. The van der Waals surface area contributed by atoms with Gasteiger partial charge in [-0.05, 0) is 12.5 Å². The highest BCUT2D eigenvalue weighted by Crippen LogP contribution is 2.28. The Balaban J connectivity index is 0.000000260. The summed E-state index contributed by atoms with van der Waals surface area (Å²) in [6.07, 6.45) is 5.19. The molecule has 0 radical (unpaired) electrons. The largest absolute Gasteiger partial charge is 0.383 e. The van der Waals surface area contributed by atoms with Crippen molar-refractivity contribution >= 4 is 28.9 Å². The predicted octanol–water partition coefficient (Wildman–Crippen LogP) is 2.95. The van der Waals surface area contributed by atoms with Crippen LogP contribution in [-0.4, -0.2) is 60.3 Å². The van der Waals surface area contributed by atoms with E-state index in [1.54, 1.807) is 35.5 Å². The highest BCUT2D eigenvalue weighted by molar-refractivity contribution is 7.13. The van der Waals surface area contributed by atoms with Crippen LogP contribution in [0.1, 0.15) is 6.42 Å². The first-order valence-corrected chi connectivity index (χ1v) is 10.9. The third-order valence-corrected chi connectivity index (χ3v) is 5.67. The van der Waals surface area contributed by atoms with E-state index in [-0.39, 0.29) is 5.91 Å². The average Bonchev–Trinajstić information content (AvgIpc) is 3.53. The summed E-state index contributed by atoms with van der Waals surface area (Å²) in [5, 5.41) is 18.9. The van der Waals surface area contributed by atoms with Crippen LogP contribution in [-0.2, 0) is 11.8 Å². The lowest BCUT2D eigenvalue weighted by Gasteiger charge is -2.04. The van der Waals surface area contributed by atoms with Gasteiger partial charge in [0.05, 0.1) is 17.6 Å². The Bertz CT molecular complexity index is 1180. The number of carbonyl (C=O) groups is 1. The van der Waals surface area contributed by atoms with Crippen molar-refractivity contribution in [1.82, 2.24) is 29.6 Å². The third kappa shape index (κ3) is 5.16. The zero-order valence-corrected chi connectivity index (χ0v) is 18.5. The minimum Gasteiger partial charge on any atom is -0.383 e. The van der Waals surface area contributed by atoms with Crippen LogP contribution in [0.5, 0.6) is 0 Å². The van der Waals surface area contributed by atoms with Crippen LogP contribution in [0.2, 0.25) is 0 Å². The minimum atomic E-state index is -0.722. The fraction of sp³-hybridized carbons (Fsp3) is 0.227. The molecule has 9 nitrogen and oxygen atoms in total. The minimum absolute atomic E-state index is 0.148. The van der Waals surface area contributed by atoms with E-state index in [0.717, 1.165) is 27.6 Å². The molecule has 1 aliphatic heterocycles. The second-order valence-corrected chi connectivity index (χ2v) is 8.12. The monoisotopic (exact) mass is 449 g/mol. The maximum atomic E-state index is 10.6. The number of carbonyl (C=O) groups excluding carboxylic acids is 1. The maximum Gasteiger partial charge on any atom is 0.251 e. The fourth-order valence-electron chi connectivity index (χ4n) is 3.09. The van der Waals surface area contributed by atoms with Crippen LogP contribution < -0.4 is 5.32 Å². The summed E-state index contributed by atoms with van der Waals surface area (Å²) >= 11 is 1.57. The van der Waals surface area contributed by atoms with Gasteiger partial charge in [0.15, 0.2) is 0 Å². The molecule has 1 aromatic carbocycles. The molecule has 1 saturated heterocycles. The molecule has 2 N–H and O–H groups in total. The van der Waals surface area contributed by atoms with Crippen LogP contribution in [0.25, 0.3) is 22.0 Å². The van der Waals surface area contributed by atoms with Crippen LogP contribution in [0, 0.1) is 0 Å². The number of aryl methyl sites for hydroxylation is 1. The number of nitrogens with one attached hydrogen (secondary N) is 1. The lowest BCUT2D eigenvalue weighted by atomic mass is 10.2. The molecule has 1 unspecified atom stereocenters. The molecule has 0 saturated carbocycles. The van der Waals surface area contributed by atoms with Crippen molar-refractivity contribution in [3.8, 4) is 22.0 Å². The van der Waals surface area contributed by atoms with Crippen molar-refractivity contribution in [2.45, 2.75) is 12.5 Å². The summed E-state index contributed by atoms with van der Waals surface area (Å²) in [5.41, 5.74) is 3.70. The number of benzene rings is 1. The van der Waals surface area contributed by atoms with E-state index in [1.807, 2.05) is 55.0 Å². The van der Waals surface area contributed by atoms with E-state index >= 15 is 0 Å². The zero-order valence-electron chi connectivity index (χ0n) is 17.7. The number of amides is 1. The summed E-state index contributed by atoms with van der Waals surface area (Å²) in [6, 6.07) is 12.0. The number of anilines is 2. The molecule has 1 aliphatic rings. The Labute approximate surface area is 189 Å². The lowest BCUT2D eigenvalue weighted by molar-refractivity contribution is -0.133. The van der Waals surface area contributed by atoms with Gasteiger partial charge >= 0.3 is 0 Å². The molecule has 1 atom stereocenters. The van der Waals surface area contributed by atoms with Crippen LogP contribution >= 0.6 is 11.3 Å². The third-order valence-electron chi connectivity index (χ3n) is 4.81. The molecule has 1 amide bonds. The molecule has 10 heteroatoms. The first kappa shape index (κ1) is 21.6. The van der Waals surface area contributed by atoms with Gasteiger partial charge in [-0.2, -0.15) is 5.10 Å². The Kier molecular flexibility index (Phi) is 6.52. The number of likely N-dealkylation sites (N-methyl/N-ethyl adjacent to an activating group) is 1. The van der Waals surface area contributed by atoms with Crippen molar-refractivity contribution in [3.63, 3.8) is 0 Å². The molecule has 5 rings (SSSR count). The predicted molar refractivity (Wildman–Crippen MR) is 123 cm³/mol. The molecule has 164 valence electrons. The Morgan fingerprint density at radius 1 is 1.12 bits per heavy atom. The van der Waals surface area contributed by atoms with Gasteiger partial charge in [-0.15, -0.1) is 11.3 Å². The number of aliphatic hydroxyl groups excluding tert-OH is 1. The molecular formula is C22H23N7O2S. The van der Waals surface area contributed by atoms with Crippen molar-refractivity contribution in [3.05, 3.63) is 60.4 Å². The van der Waals surface area contributed by atoms with E-state index in [4.69, 9.17) is 5.11 Å². The number of likely N-dealkylation sites (tertiary alicyclic amines) is 1. The Morgan fingerprint density at radius 2 is 1.94 bits per heavy atom. The van der Waals surface area contributed by atoms with Gasteiger partial charge in [-0.1, -0.05) is 30.3 Å². The fourth-order valence-corrected chi connectivity index (χ4v) is 3.89. The number of thiazole rings is 1. The van der Waals surface area contributed by atoms with Crippen molar-refractivity contribution in [2.24, 2.45) is 7.05 Å². The summed E-state index contributed by atoms with van der Waals surface area (Å²) in [4.78, 5) is 25.6. The summed E-state index contributed by atoms with van der Waals surface area (Å²) in [6.45, 7) is 0.694. The number of hydrogen-bond donors (Lipinski definition) is 2. The van der Waals surface area contributed by atoms with E-state index in [9.17, 15) is 4.79 Å². The first-order chi connectivity index (χ1) is 15.5. The molecule has 1 fully saturated rings. The van der Waals surface area contributed by atoms with E-state index < -0.39 is 6.10 Å². The van der Waals surface area contributed by atoms with Crippen molar-refractivity contribution in [2.75, 3.05) is 18.9 Å². The Morgan fingerprint density at radius 3 is 2.56 bits per heavy atom. The number of hydrogen-bond acceptors (Lipinski definition) is 8. The molecular weight excluding hydrogens is 426 g/mol. The van der Waals surface area contributed by atoms with Crippen molar-refractivity contribution in [1.29, 1.82) is 0 Å². The molecule has 4 aromatic rings. The number of rotatable bonds is 4. The molecule has 0 bridgehead atoms. The molecule has 4 heterocycles. The number of aliphatic hydroxyl groups is 1. The van der Waals surface area contributed by atoms with Gasteiger partial charge in [0, 0.05) is 44.0 Å². The van der Waals surface area contributed by atoms with Crippen LogP contribution in [0.4, 0.5) is 11.6 Å². The van der Waals surface area contributed by atoms with Gasteiger partial charge in [0.25, 0.3) is 5.91 Å². The number of nitrogens with zero attached hydrogens (tertiary/aromatic N) is 6. The van der Waals surface area contributed by atoms with Crippen LogP contribution in [0.15, 0.2) is 60.4 Å². The molecule has 3 aromatic heterocycles. The van der Waals surface area contributed by atoms with Gasteiger partial charge in [0.1, 0.15) is 16.8 Å².